The molecule has 2 aliphatic rings. The van der Waals surface area contributed by atoms with Crippen molar-refractivity contribution >= 4 is 22.7 Å². The lowest BCUT2D eigenvalue weighted by molar-refractivity contribution is 0.320. The van der Waals surface area contributed by atoms with E-state index in [1.165, 1.54) is 0 Å². The second-order valence-electron chi connectivity index (χ2n) is 3.40. The maximum atomic E-state index is 8.85. The number of nitrogens with zero attached hydrogens (tertiary/aromatic N) is 2. The third-order valence-electron chi connectivity index (χ3n) is 2.55. The third-order valence-corrected chi connectivity index (χ3v) is 2.55. The van der Waals surface area contributed by atoms with Crippen LogP contribution >= 0.6 is 0 Å². The van der Waals surface area contributed by atoms with Gasteiger partial charge in [-0.05, 0) is 12.1 Å². The molecule has 0 unspecified atom stereocenters. The molecule has 0 saturated carbocycles. The van der Waals surface area contributed by atoms with E-state index < -0.39 is 0 Å². The predicted molar refractivity (Wildman–Crippen MR) is 59.9 cm³/mol. The minimum atomic E-state index is 0.517. The summed E-state index contributed by atoms with van der Waals surface area (Å²) in [5.74, 6) is 0. The Bertz CT molecular complexity index is 550. The molecule has 0 fully saturated rings. The van der Waals surface area contributed by atoms with Gasteiger partial charge in [0.25, 0.3) is 0 Å². The molecule has 3 rings (SSSR count). The first-order chi connectivity index (χ1) is 7.40. The van der Waals surface area contributed by atoms with Crippen LogP contribution in [0, 0.1) is 0 Å². The highest BCUT2D eigenvalue weighted by molar-refractivity contribution is 6.63. The molecule has 15 heavy (non-hydrogen) atoms. The number of benzene rings is 1. The van der Waals surface area contributed by atoms with Gasteiger partial charge in [-0.1, -0.05) is 35.5 Å². The second-order valence-corrected chi connectivity index (χ2v) is 3.40. The van der Waals surface area contributed by atoms with Crippen molar-refractivity contribution in [2.24, 2.45) is 10.1 Å². The normalized spacial score (nSPS) is 19.6. The Morgan fingerprint density at radius 2 is 2.07 bits per heavy atom. The van der Waals surface area contributed by atoms with Gasteiger partial charge in [0.2, 0.25) is 0 Å². The third kappa shape index (κ3) is 1.06. The fraction of sp³-hybridized carbons (Fsp3) is 0. The molecule has 0 atom stereocenters. The van der Waals surface area contributed by atoms with Crippen LogP contribution in [-0.2, 0) is 0 Å². The number of hydrogen-bond acceptors (Lipinski definition) is 3. The SMILES string of the molecule is O/N=C1\C=CC=C2C1=Nc1ccccc12. The molecule has 0 radical (unpaired) electrons. The summed E-state index contributed by atoms with van der Waals surface area (Å²) in [5.41, 5.74) is 4.33. The molecule has 1 N–H and O–H groups in total. The summed E-state index contributed by atoms with van der Waals surface area (Å²) in [4.78, 5) is 4.43. The number of aliphatic imine (C=N–C) groups is 1. The Morgan fingerprint density at radius 3 is 2.93 bits per heavy atom. The Labute approximate surface area is 86.8 Å². The summed E-state index contributed by atoms with van der Waals surface area (Å²) in [6.45, 7) is 0. The van der Waals surface area contributed by atoms with E-state index in [9.17, 15) is 0 Å². The van der Waals surface area contributed by atoms with Gasteiger partial charge >= 0.3 is 0 Å². The van der Waals surface area contributed by atoms with Crippen molar-refractivity contribution in [3.63, 3.8) is 0 Å². The first-order valence-corrected chi connectivity index (χ1v) is 4.69. The quantitative estimate of drug-likeness (QED) is 0.387. The average Bonchev–Trinajstić information content (AvgIpc) is 2.67. The zero-order valence-electron chi connectivity index (χ0n) is 7.88. The smallest absolute Gasteiger partial charge is 0.128 e. The molecule has 3 nitrogen and oxygen atoms in total. The largest absolute Gasteiger partial charge is 0.410 e. The van der Waals surface area contributed by atoms with E-state index >= 15 is 0 Å². The molecule has 1 aliphatic carbocycles. The highest BCUT2D eigenvalue weighted by Gasteiger charge is 2.24. The molecular weight excluding hydrogens is 188 g/mol. The first-order valence-electron chi connectivity index (χ1n) is 4.69. The highest BCUT2D eigenvalue weighted by atomic mass is 16.4. The molecule has 0 saturated heterocycles. The van der Waals surface area contributed by atoms with Crippen molar-refractivity contribution < 1.29 is 5.21 Å². The lowest BCUT2D eigenvalue weighted by Crippen LogP contribution is -2.13. The van der Waals surface area contributed by atoms with Crippen LogP contribution in [0.25, 0.3) is 5.57 Å². The van der Waals surface area contributed by atoms with Crippen molar-refractivity contribution in [2.45, 2.75) is 0 Å². The lowest BCUT2D eigenvalue weighted by Gasteiger charge is -2.06. The maximum absolute atomic E-state index is 8.85. The van der Waals surface area contributed by atoms with Crippen LogP contribution in [0.5, 0.6) is 0 Å². The molecule has 72 valence electrons. The van der Waals surface area contributed by atoms with Gasteiger partial charge in [-0.2, -0.15) is 0 Å². The molecule has 0 spiro atoms. The van der Waals surface area contributed by atoms with E-state index in [1.807, 2.05) is 36.4 Å². The predicted octanol–water partition coefficient (Wildman–Crippen LogP) is 2.56. The van der Waals surface area contributed by atoms with Crippen molar-refractivity contribution in [1.29, 1.82) is 0 Å². The van der Waals surface area contributed by atoms with Gasteiger partial charge in [0, 0.05) is 11.1 Å². The van der Waals surface area contributed by atoms with Crippen LogP contribution < -0.4 is 0 Å². The second kappa shape index (κ2) is 2.92. The van der Waals surface area contributed by atoms with Gasteiger partial charge in [-0.15, -0.1) is 0 Å². The highest BCUT2D eigenvalue weighted by Crippen LogP contribution is 2.36. The standard InChI is InChI=1S/C12H8N2O/c15-14-11-7-3-5-9-8-4-1-2-6-10(8)13-12(9)11/h1-7,15H/b14-11+. The van der Waals surface area contributed by atoms with Crippen LogP contribution in [0.4, 0.5) is 5.69 Å². The van der Waals surface area contributed by atoms with Gasteiger partial charge < -0.3 is 5.21 Å². The van der Waals surface area contributed by atoms with E-state index in [1.54, 1.807) is 6.08 Å². The summed E-state index contributed by atoms with van der Waals surface area (Å²) >= 11 is 0. The molecular formula is C12H8N2O. The summed E-state index contributed by atoms with van der Waals surface area (Å²) in [5, 5.41) is 12.1. The molecule has 0 aromatic heterocycles. The molecule has 0 bridgehead atoms. The first kappa shape index (κ1) is 8.17. The van der Waals surface area contributed by atoms with Crippen LogP contribution in [0.15, 0.2) is 52.6 Å². The summed E-state index contributed by atoms with van der Waals surface area (Å²) in [7, 11) is 0. The zero-order valence-corrected chi connectivity index (χ0v) is 7.88. The number of hydrogen-bond donors (Lipinski definition) is 1. The minimum Gasteiger partial charge on any atom is -0.410 e. The van der Waals surface area contributed by atoms with Gasteiger partial charge in [0.1, 0.15) is 11.4 Å². The zero-order chi connectivity index (χ0) is 10.3. The number of oxime groups is 1. The fourth-order valence-electron chi connectivity index (χ4n) is 1.87. The topological polar surface area (TPSA) is 45.0 Å². The van der Waals surface area contributed by atoms with Crippen LogP contribution in [0.1, 0.15) is 5.56 Å². The number of para-hydroxylation sites is 1. The Hall–Kier alpha value is -2.16. The summed E-state index contributed by atoms with van der Waals surface area (Å²) in [6, 6.07) is 7.90. The van der Waals surface area contributed by atoms with E-state index in [4.69, 9.17) is 5.21 Å². The minimum absolute atomic E-state index is 0.517. The van der Waals surface area contributed by atoms with Crippen molar-refractivity contribution in [3.8, 4) is 0 Å². The van der Waals surface area contributed by atoms with Gasteiger partial charge in [0.15, 0.2) is 0 Å². The monoisotopic (exact) mass is 196 g/mol. The van der Waals surface area contributed by atoms with Crippen LogP contribution in [0.2, 0.25) is 0 Å². The van der Waals surface area contributed by atoms with Gasteiger partial charge in [-0.25, -0.2) is 4.99 Å². The van der Waals surface area contributed by atoms with E-state index in [-0.39, 0.29) is 0 Å². The van der Waals surface area contributed by atoms with E-state index in [2.05, 4.69) is 10.1 Å². The Balaban J connectivity index is 2.25. The maximum Gasteiger partial charge on any atom is 0.128 e. The van der Waals surface area contributed by atoms with Gasteiger partial charge in [-0.3, -0.25) is 0 Å². The fourth-order valence-corrected chi connectivity index (χ4v) is 1.87. The lowest BCUT2D eigenvalue weighted by atomic mass is 9.96. The molecule has 1 aliphatic heterocycles. The number of allylic oxidation sites excluding steroid dienone is 4. The van der Waals surface area contributed by atoms with E-state index in [0.29, 0.717) is 5.71 Å². The Morgan fingerprint density at radius 1 is 1.20 bits per heavy atom. The average molecular weight is 196 g/mol. The van der Waals surface area contributed by atoms with Crippen molar-refractivity contribution in [3.05, 3.63) is 48.1 Å². The summed E-state index contributed by atoms with van der Waals surface area (Å²) < 4.78 is 0. The Kier molecular flexibility index (Phi) is 1.59. The molecule has 0 amide bonds. The van der Waals surface area contributed by atoms with Gasteiger partial charge in [0.05, 0.1) is 5.69 Å². The van der Waals surface area contributed by atoms with Crippen LogP contribution in [0.3, 0.4) is 0 Å². The van der Waals surface area contributed by atoms with E-state index in [0.717, 1.165) is 22.5 Å². The molecule has 1 aromatic rings. The number of fused-ring (bicyclic) bond motifs is 3. The van der Waals surface area contributed by atoms with Crippen molar-refractivity contribution in [1.82, 2.24) is 0 Å². The summed E-state index contributed by atoms with van der Waals surface area (Å²) in [6.07, 6.45) is 5.60. The molecule has 1 heterocycles. The van der Waals surface area contributed by atoms with Crippen LogP contribution in [-0.4, -0.2) is 16.6 Å². The molecule has 1 aromatic carbocycles. The van der Waals surface area contributed by atoms with Crippen molar-refractivity contribution in [2.75, 3.05) is 0 Å². The number of rotatable bonds is 0. The molecule has 3 heteroatoms.